The standard InChI is InChI=1S/2C23H36FN7O3/c2*1-15-26-20(19(24)21(27-15)31-11-10-30-9-5-4-8-18(30)14-31)28-29-22(32)17(13-25-23(33)34)12-16-6-2-3-7-16/h2*16-18,25H,2-14H2,1H3,(H,29,32)(H,33,34)(H,26,27,28)/t2*17-,18-/m11/s1. The maximum Gasteiger partial charge on any atom is 0.404 e. The molecule has 4 amide bonds. The third-order valence-corrected chi connectivity index (χ3v) is 14.7. The summed E-state index contributed by atoms with van der Waals surface area (Å²) in [5.74, 6) is -1.06. The summed E-state index contributed by atoms with van der Waals surface area (Å²) < 4.78 is 30.8. The molecule has 2 saturated carbocycles. The van der Waals surface area contributed by atoms with Gasteiger partial charge in [0.1, 0.15) is 11.6 Å². The van der Waals surface area contributed by atoms with Gasteiger partial charge in [-0.3, -0.25) is 41.1 Å². The second-order valence-electron chi connectivity index (χ2n) is 19.5. The molecule has 20 nitrogen and oxygen atoms in total. The van der Waals surface area contributed by atoms with Crippen molar-refractivity contribution in [1.82, 2.24) is 51.2 Å². The Hall–Kier alpha value is -5.38. The van der Waals surface area contributed by atoms with Crippen molar-refractivity contribution in [3.63, 3.8) is 0 Å². The Morgan fingerprint density at radius 3 is 1.32 bits per heavy atom. The van der Waals surface area contributed by atoms with E-state index in [1.807, 2.05) is 9.80 Å². The Kier molecular flexibility index (Phi) is 18.0. The molecule has 8 N–H and O–H groups in total. The summed E-state index contributed by atoms with van der Waals surface area (Å²) >= 11 is 0. The van der Waals surface area contributed by atoms with E-state index < -0.39 is 35.7 Å². The zero-order chi connectivity index (χ0) is 48.2. The first kappa shape index (κ1) is 50.5. The fraction of sp³-hybridized carbons (Fsp3) is 0.739. The van der Waals surface area contributed by atoms with Crippen molar-refractivity contribution in [3.8, 4) is 0 Å². The van der Waals surface area contributed by atoms with Crippen LogP contribution < -0.4 is 42.1 Å². The minimum absolute atomic E-state index is 0.0154. The van der Waals surface area contributed by atoms with Crippen LogP contribution in [0.15, 0.2) is 0 Å². The van der Waals surface area contributed by atoms with Gasteiger partial charge < -0.3 is 30.6 Å². The van der Waals surface area contributed by atoms with Crippen molar-refractivity contribution in [1.29, 1.82) is 0 Å². The van der Waals surface area contributed by atoms with Crippen LogP contribution in [0.4, 0.5) is 41.6 Å². The molecule has 4 saturated heterocycles. The molecule has 0 unspecified atom stereocenters. The van der Waals surface area contributed by atoms with Crippen molar-refractivity contribution in [2.45, 2.75) is 129 Å². The maximum atomic E-state index is 15.4. The number of anilines is 4. The average molecular weight is 955 g/mol. The Morgan fingerprint density at radius 1 is 0.559 bits per heavy atom. The van der Waals surface area contributed by atoms with E-state index in [9.17, 15) is 19.2 Å². The first-order valence-electron chi connectivity index (χ1n) is 24.9. The van der Waals surface area contributed by atoms with Crippen molar-refractivity contribution < 1.29 is 38.2 Å². The lowest BCUT2D eigenvalue weighted by molar-refractivity contribution is -0.125. The third kappa shape index (κ3) is 13.9. The number of piperidine rings is 2. The van der Waals surface area contributed by atoms with E-state index in [-0.39, 0.29) is 48.2 Å². The van der Waals surface area contributed by atoms with Gasteiger partial charge in [-0.1, -0.05) is 64.2 Å². The number of hydrogen-bond donors (Lipinski definition) is 8. The topological polar surface area (TPSA) is 245 Å². The number of carbonyl (C=O) groups excluding carboxylic acids is 2. The molecule has 0 aromatic carbocycles. The number of aromatic nitrogens is 4. The van der Waals surface area contributed by atoms with Gasteiger partial charge in [0.05, 0.1) is 11.8 Å². The van der Waals surface area contributed by atoms with Crippen LogP contribution in [0.1, 0.15) is 114 Å². The van der Waals surface area contributed by atoms with E-state index >= 15 is 8.78 Å². The molecule has 6 fully saturated rings. The number of piperazine rings is 2. The number of carboxylic acid groups (broad SMARTS) is 2. The Morgan fingerprint density at radius 2 is 0.941 bits per heavy atom. The van der Waals surface area contributed by atoms with Crippen molar-refractivity contribution in [3.05, 3.63) is 23.3 Å². The summed E-state index contributed by atoms with van der Waals surface area (Å²) in [6.07, 6.45) is 14.6. The van der Waals surface area contributed by atoms with Crippen LogP contribution in [0.25, 0.3) is 0 Å². The SMILES string of the molecule is Cc1nc(NNC(=O)[C@@H](CNC(=O)O)CC2CCCC2)c(F)c(N2CCN3CCCC[C@@H]3C2)n1.Cc1nc(NNC(=O)[C@@H](CNC(=O)O)CC2CCCC2)c(F)c(N2CCN3CCCC[C@@H]3C2)n1. The van der Waals surface area contributed by atoms with Gasteiger partial charge in [-0.2, -0.15) is 8.78 Å². The molecule has 68 heavy (non-hydrogen) atoms. The molecule has 4 atom stereocenters. The maximum absolute atomic E-state index is 15.4. The molecule has 2 aliphatic carbocycles. The lowest BCUT2D eigenvalue weighted by Crippen LogP contribution is -2.55. The quantitative estimate of drug-likeness (QED) is 0.103. The van der Waals surface area contributed by atoms with E-state index in [1.165, 1.54) is 25.7 Å². The van der Waals surface area contributed by atoms with Gasteiger partial charge in [-0.15, -0.1) is 0 Å². The van der Waals surface area contributed by atoms with Gasteiger partial charge in [-0.05, 0) is 77.3 Å². The number of carbonyl (C=O) groups is 4. The highest BCUT2D eigenvalue weighted by atomic mass is 19.1. The molecule has 6 aliphatic rings. The van der Waals surface area contributed by atoms with Gasteiger partial charge in [0.25, 0.3) is 0 Å². The monoisotopic (exact) mass is 955 g/mol. The number of nitrogens with one attached hydrogen (secondary N) is 6. The fourth-order valence-electron chi connectivity index (χ4n) is 11.1. The van der Waals surface area contributed by atoms with Crippen LogP contribution >= 0.6 is 0 Å². The predicted molar refractivity (Wildman–Crippen MR) is 252 cm³/mol. The second-order valence-corrected chi connectivity index (χ2v) is 19.5. The number of hydrazine groups is 2. The summed E-state index contributed by atoms with van der Waals surface area (Å²) in [6, 6.07) is 0.817. The number of hydrogen-bond acceptors (Lipinski definition) is 14. The average Bonchev–Trinajstić information content (AvgIpc) is 4.07. The summed E-state index contributed by atoms with van der Waals surface area (Å²) in [7, 11) is 0. The number of rotatable bonds is 16. The normalized spacial score (nSPS) is 22.2. The lowest BCUT2D eigenvalue weighted by Gasteiger charge is -2.44. The number of halogens is 2. The molecular formula is C46H72F2N14O6. The number of fused-ring (bicyclic) bond motifs is 2. The minimum Gasteiger partial charge on any atom is -0.465 e. The minimum atomic E-state index is -1.17. The van der Waals surface area contributed by atoms with Crippen LogP contribution in [0.3, 0.4) is 0 Å². The Balaban J connectivity index is 0.000000201. The smallest absolute Gasteiger partial charge is 0.404 e. The summed E-state index contributed by atoms with van der Waals surface area (Å²) in [6.45, 7) is 10.2. The number of nitrogens with zero attached hydrogens (tertiary/aromatic N) is 8. The van der Waals surface area contributed by atoms with E-state index in [0.29, 0.717) is 61.5 Å². The van der Waals surface area contributed by atoms with E-state index in [4.69, 9.17) is 10.2 Å². The zero-order valence-corrected chi connectivity index (χ0v) is 39.7. The Bertz CT molecular complexity index is 1900. The molecule has 2 aromatic rings. The third-order valence-electron chi connectivity index (χ3n) is 14.7. The molecular weight excluding hydrogens is 883 g/mol. The van der Waals surface area contributed by atoms with E-state index in [0.717, 1.165) is 103 Å². The first-order chi connectivity index (χ1) is 32.8. The number of aryl methyl sites for hydroxylation is 2. The molecule has 0 radical (unpaired) electrons. The van der Waals surface area contributed by atoms with Gasteiger partial charge in [0.2, 0.25) is 23.4 Å². The zero-order valence-electron chi connectivity index (χ0n) is 39.7. The highest BCUT2D eigenvalue weighted by Gasteiger charge is 2.34. The molecule has 376 valence electrons. The molecule has 4 aliphatic heterocycles. The van der Waals surface area contributed by atoms with E-state index in [2.05, 4.69) is 62.1 Å². The predicted octanol–water partition coefficient (Wildman–Crippen LogP) is 5.01. The van der Waals surface area contributed by atoms with Gasteiger partial charge in [0.15, 0.2) is 23.3 Å². The largest absolute Gasteiger partial charge is 0.465 e. The van der Waals surface area contributed by atoms with Gasteiger partial charge in [-0.25, -0.2) is 29.5 Å². The molecule has 0 spiro atoms. The second kappa shape index (κ2) is 24.3. The summed E-state index contributed by atoms with van der Waals surface area (Å²) in [5, 5.41) is 22.6. The molecule has 8 rings (SSSR count). The lowest BCUT2D eigenvalue weighted by atomic mass is 9.92. The summed E-state index contributed by atoms with van der Waals surface area (Å²) in [4.78, 5) is 73.6. The molecule has 0 bridgehead atoms. The van der Waals surface area contributed by atoms with Crippen molar-refractivity contribution in [2.75, 3.05) is 86.1 Å². The highest BCUT2D eigenvalue weighted by molar-refractivity contribution is 5.81. The Labute approximate surface area is 397 Å². The first-order valence-corrected chi connectivity index (χ1v) is 24.9. The van der Waals surface area contributed by atoms with E-state index in [1.54, 1.807) is 13.8 Å². The van der Waals surface area contributed by atoms with Gasteiger partial charge in [0, 0.05) is 64.4 Å². The molecule has 22 heteroatoms. The highest BCUT2D eigenvalue weighted by Crippen LogP contribution is 2.33. The van der Waals surface area contributed by atoms with Crippen LogP contribution in [-0.2, 0) is 9.59 Å². The summed E-state index contributed by atoms with van der Waals surface area (Å²) in [5.41, 5.74) is 10.4. The van der Waals surface area contributed by atoms with Crippen LogP contribution in [-0.4, -0.2) is 141 Å². The van der Waals surface area contributed by atoms with Crippen LogP contribution in [0.2, 0.25) is 0 Å². The van der Waals surface area contributed by atoms with Crippen molar-refractivity contribution in [2.24, 2.45) is 23.7 Å². The van der Waals surface area contributed by atoms with Crippen molar-refractivity contribution >= 4 is 47.3 Å². The van der Waals surface area contributed by atoms with Crippen LogP contribution in [0.5, 0.6) is 0 Å². The molecule has 2 aromatic heterocycles. The number of amides is 4. The van der Waals surface area contributed by atoms with Gasteiger partial charge >= 0.3 is 12.2 Å². The van der Waals surface area contributed by atoms with Crippen LogP contribution in [0, 0.1) is 49.2 Å². The molecule has 6 heterocycles. The fourth-order valence-corrected chi connectivity index (χ4v) is 11.1.